The van der Waals surface area contributed by atoms with Gasteiger partial charge in [0, 0.05) is 18.8 Å². The molecule has 2 aromatic rings. The first-order valence-corrected chi connectivity index (χ1v) is 6.58. The van der Waals surface area contributed by atoms with Gasteiger partial charge in [-0.05, 0) is 18.1 Å². The second kappa shape index (κ2) is 4.80. The van der Waals surface area contributed by atoms with Crippen LogP contribution in [0.2, 0.25) is 0 Å². The van der Waals surface area contributed by atoms with E-state index in [2.05, 4.69) is 58.8 Å². The van der Waals surface area contributed by atoms with Crippen molar-refractivity contribution in [2.75, 3.05) is 29.2 Å². The topological polar surface area (TPSA) is 40.2 Å². The number of fused-ring (bicyclic) bond motifs is 1. The van der Waals surface area contributed by atoms with E-state index in [4.69, 9.17) is 0 Å². The van der Waals surface area contributed by atoms with Gasteiger partial charge in [0.05, 0.1) is 24.2 Å². The number of anilines is 4. The summed E-state index contributed by atoms with van der Waals surface area (Å²) in [5.41, 5.74) is 4.71. The molecule has 0 spiro atoms. The zero-order chi connectivity index (χ0) is 13.2. The molecule has 0 bridgehead atoms. The van der Waals surface area contributed by atoms with Crippen LogP contribution in [0.3, 0.4) is 0 Å². The largest absolute Gasteiger partial charge is 0.365 e. The van der Waals surface area contributed by atoms with Crippen molar-refractivity contribution in [3.05, 3.63) is 42.1 Å². The molecule has 3 rings (SSSR count). The quantitative estimate of drug-likeness (QED) is 0.882. The summed E-state index contributed by atoms with van der Waals surface area (Å²) in [6.07, 6.45) is 2.89. The lowest BCUT2D eigenvalue weighted by atomic mass is 10.1. The normalized spacial score (nSPS) is 13.1. The number of para-hydroxylation sites is 1. The Balaban J connectivity index is 1.90. The summed E-state index contributed by atoms with van der Waals surface area (Å²) in [6.45, 7) is 3.00. The average molecular weight is 254 g/mol. The van der Waals surface area contributed by atoms with Gasteiger partial charge < -0.3 is 15.5 Å². The third-order valence-corrected chi connectivity index (χ3v) is 3.46. The second-order valence-corrected chi connectivity index (χ2v) is 4.76. The van der Waals surface area contributed by atoms with Gasteiger partial charge in [0.15, 0.2) is 0 Å². The van der Waals surface area contributed by atoms with Crippen LogP contribution in [0.1, 0.15) is 12.5 Å². The lowest BCUT2D eigenvalue weighted by molar-refractivity contribution is 1.03. The van der Waals surface area contributed by atoms with Crippen LogP contribution in [0, 0.1) is 0 Å². The van der Waals surface area contributed by atoms with Crippen molar-refractivity contribution in [3.8, 4) is 0 Å². The number of pyridine rings is 1. The van der Waals surface area contributed by atoms with Gasteiger partial charge in [-0.3, -0.25) is 0 Å². The molecule has 0 radical (unpaired) electrons. The van der Waals surface area contributed by atoms with Crippen molar-refractivity contribution in [2.45, 2.75) is 13.3 Å². The molecule has 4 heteroatoms. The van der Waals surface area contributed by atoms with Gasteiger partial charge in [-0.2, -0.15) is 0 Å². The van der Waals surface area contributed by atoms with E-state index in [-0.39, 0.29) is 0 Å². The van der Waals surface area contributed by atoms with Gasteiger partial charge in [0.2, 0.25) is 0 Å². The highest BCUT2D eigenvalue weighted by Gasteiger charge is 2.15. The number of nitrogens with one attached hydrogen (secondary N) is 2. The average Bonchev–Trinajstić information content (AvgIpc) is 2.81. The lowest BCUT2D eigenvalue weighted by Gasteiger charge is -2.13. The molecule has 1 aliphatic heterocycles. The maximum absolute atomic E-state index is 4.46. The highest BCUT2D eigenvalue weighted by Crippen LogP contribution is 2.32. The Bertz CT molecular complexity index is 594. The Morgan fingerprint density at radius 2 is 2.21 bits per heavy atom. The van der Waals surface area contributed by atoms with E-state index in [1.165, 1.54) is 11.3 Å². The van der Waals surface area contributed by atoms with Crippen LogP contribution in [0.4, 0.5) is 22.9 Å². The van der Waals surface area contributed by atoms with Gasteiger partial charge in [-0.1, -0.05) is 25.1 Å². The Morgan fingerprint density at radius 3 is 3.05 bits per heavy atom. The Labute approximate surface area is 113 Å². The fraction of sp³-hybridized carbons (Fsp3) is 0.267. The monoisotopic (exact) mass is 254 g/mol. The summed E-state index contributed by atoms with van der Waals surface area (Å²) >= 11 is 0. The zero-order valence-electron chi connectivity index (χ0n) is 11.3. The predicted molar refractivity (Wildman–Crippen MR) is 80.2 cm³/mol. The summed E-state index contributed by atoms with van der Waals surface area (Å²) in [7, 11) is 2.07. The zero-order valence-corrected chi connectivity index (χ0v) is 11.3. The molecule has 0 saturated heterocycles. The van der Waals surface area contributed by atoms with Crippen molar-refractivity contribution < 1.29 is 0 Å². The summed E-state index contributed by atoms with van der Waals surface area (Å²) in [5, 5.41) is 6.71. The van der Waals surface area contributed by atoms with E-state index < -0.39 is 0 Å². The molecule has 0 atom stereocenters. The van der Waals surface area contributed by atoms with Gasteiger partial charge in [-0.15, -0.1) is 0 Å². The number of benzene rings is 1. The molecular formula is C15H18N4. The minimum Gasteiger partial charge on any atom is -0.365 e. The number of hydrogen-bond donors (Lipinski definition) is 2. The van der Waals surface area contributed by atoms with Crippen LogP contribution in [-0.2, 0) is 6.42 Å². The molecule has 19 heavy (non-hydrogen) atoms. The first-order chi connectivity index (χ1) is 9.28. The highest BCUT2D eigenvalue weighted by atomic mass is 15.3. The molecule has 98 valence electrons. The van der Waals surface area contributed by atoms with Crippen molar-refractivity contribution in [2.24, 2.45) is 0 Å². The van der Waals surface area contributed by atoms with Crippen molar-refractivity contribution in [3.63, 3.8) is 0 Å². The van der Waals surface area contributed by atoms with Gasteiger partial charge in [0.1, 0.15) is 5.82 Å². The van der Waals surface area contributed by atoms with Crippen LogP contribution in [0.5, 0.6) is 0 Å². The molecule has 0 saturated carbocycles. The van der Waals surface area contributed by atoms with Crippen molar-refractivity contribution in [1.82, 2.24) is 4.98 Å². The van der Waals surface area contributed by atoms with E-state index in [1.54, 1.807) is 0 Å². The van der Waals surface area contributed by atoms with Crippen LogP contribution >= 0.6 is 0 Å². The first kappa shape index (κ1) is 11.8. The highest BCUT2D eigenvalue weighted by molar-refractivity contribution is 5.77. The van der Waals surface area contributed by atoms with Gasteiger partial charge in [-0.25, -0.2) is 4.98 Å². The number of aromatic nitrogens is 1. The molecule has 1 aromatic carbocycles. The van der Waals surface area contributed by atoms with Gasteiger partial charge in [0.25, 0.3) is 0 Å². The van der Waals surface area contributed by atoms with E-state index in [0.29, 0.717) is 0 Å². The summed E-state index contributed by atoms with van der Waals surface area (Å²) in [6, 6.07) is 10.4. The number of hydrogen-bond acceptors (Lipinski definition) is 4. The fourth-order valence-corrected chi connectivity index (χ4v) is 2.34. The lowest BCUT2D eigenvalue weighted by Crippen LogP contribution is -2.15. The molecule has 0 amide bonds. The molecule has 2 N–H and O–H groups in total. The third-order valence-electron chi connectivity index (χ3n) is 3.46. The van der Waals surface area contributed by atoms with E-state index >= 15 is 0 Å². The Hall–Kier alpha value is -2.23. The van der Waals surface area contributed by atoms with Crippen molar-refractivity contribution in [1.29, 1.82) is 0 Å². The SMILES string of the molecule is CCc1ccccc1Nc1cc2c(cn1)NCN2C. The molecular weight excluding hydrogens is 236 g/mol. The van der Waals surface area contributed by atoms with Gasteiger partial charge >= 0.3 is 0 Å². The second-order valence-electron chi connectivity index (χ2n) is 4.76. The number of aryl methyl sites for hydroxylation is 1. The maximum atomic E-state index is 4.46. The predicted octanol–water partition coefficient (Wildman–Crippen LogP) is 3.21. The first-order valence-electron chi connectivity index (χ1n) is 6.58. The number of nitrogens with zero attached hydrogens (tertiary/aromatic N) is 2. The molecule has 0 aliphatic carbocycles. The molecule has 0 fully saturated rings. The summed E-state index contributed by atoms with van der Waals surface area (Å²) in [4.78, 5) is 6.63. The van der Waals surface area contributed by atoms with E-state index in [9.17, 15) is 0 Å². The fourth-order valence-electron chi connectivity index (χ4n) is 2.34. The Morgan fingerprint density at radius 1 is 1.37 bits per heavy atom. The standard InChI is InChI=1S/C15H18N4/c1-3-11-6-4-5-7-12(11)18-15-8-14-13(9-16-15)17-10-19(14)2/h4-9,17H,3,10H2,1-2H3,(H,16,18). The minimum absolute atomic E-state index is 0.839. The Kier molecular flexibility index (Phi) is 2.99. The number of rotatable bonds is 3. The van der Waals surface area contributed by atoms with Crippen LogP contribution in [0.25, 0.3) is 0 Å². The maximum Gasteiger partial charge on any atom is 0.132 e. The van der Waals surface area contributed by atoms with Crippen LogP contribution < -0.4 is 15.5 Å². The van der Waals surface area contributed by atoms with E-state index in [1.807, 2.05) is 12.3 Å². The summed E-state index contributed by atoms with van der Waals surface area (Å²) in [5.74, 6) is 0.884. The third kappa shape index (κ3) is 2.21. The van der Waals surface area contributed by atoms with Crippen LogP contribution in [0.15, 0.2) is 36.5 Å². The molecule has 4 nitrogen and oxygen atoms in total. The smallest absolute Gasteiger partial charge is 0.132 e. The minimum atomic E-state index is 0.839. The molecule has 2 heterocycles. The molecule has 1 aliphatic rings. The molecule has 1 aromatic heterocycles. The van der Waals surface area contributed by atoms with Crippen LogP contribution in [-0.4, -0.2) is 18.7 Å². The molecule has 0 unspecified atom stereocenters. The summed E-state index contributed by atoms with van der Waals surface area (Å²) < 4.78 is 0. The van der Waals surface area contributed by atoms with E-state index in [0.717, 1.165) is 30.3 Å². The van der Waals surface area contributed by atoms with Crippen molar-refractivity contribution >= 4 is 22.9 Å².